The minimum absolute atomic E-state index is 0.236. The van der Waals surface area contributed by atoms with E-state index in [-0.39, 0.29) is 6.79 Å². The fraction of sp³-hybridized carbons (Fsp3) is 0.0870. The van der Waals surface area contributed by atoms with Crippen LogP contribution >= 0.6 is 0 Å². The first-order valence-electron chi connectivity index (χ1n) is 8.92. The van der Waals surface area contributed by atoms with Crippen molar-refractivity contribution < 1.29 is 18.9 Å². The molecule has 0 radical (unpaired) electrons. The average Bonchev–Trinajstić information content (AvgIpc) is 3.12. The van der Waals surface area contributed by atoms with Crippen molar-refractivity contribution in [2.45, 2.75) is 0 Å². The van der Waals surface area contributed by atoms with Crippen molar-refractivity contribution in [3.05, 3.63) is 83.9 Å². The summed E-state index contributed by atoms with van der Waals surface area (Å²) in [5.74, 6) is 3.65. The molecular weight excluding hydrogens is 354 g/mol. The zero-order valence-corrected chi connectivity index (χ0v) is 15.2. The highest BCUT2D eigenvalue weighted by Gasteiger charge is 2.19. The normalized spacial score (nSPS) is 14.3. The van der Waals surface area contributed by atoms with Gasteiger partial charge in [-0.05, 0) is 54.6 Å². The zero-order valence-electron chi connectivity index (χ0n) is 15.2. The molecule has 2 heterocycles. The van der Waals surface area contributed by atoms with Crippen LogP contribution in [0, 0.1) is 0 Å². The molecule has 0 unspecified atom stereocenters. The van der Waals surface area contributed by atoms with Crippen LogP contribution in [0.4, 0.5) is 5.69 Å². The van der Waals surface area contributed by atoms with E-state index in [9.17, 15) is 0 Å². The van der Waals surface area contributed by atoms with Gasteiger partial charge in [0.2, 0.25) is 6.79 Å². The number of rotatable bonds is 3. The molecule has 0 atom stereocenters. The smallest absolute Gasteiger partial charge is 0.231 e. The van der Waals surface area contributed by atoms with E-state index in [0.29, 0.717) is 17.3 Å². The lowest BCUT2D eigenvalue weighted by Gasteiger charge is -2.10. The summed E-state index contributed by atoms with van der Waals surface area (Å²) in [4.78, 5) is 4.83. The molecule has 0 saturated carbocycles. The molecule has 3 aromatic rings. The van der Waals surface area contributed by atoms with E-state index in [4.69, 9.17) is 23.9 Å². The van der Waals surface area contributed by atoms with Gasteiger partial charge in [-0.2, -0.15) is 0 Å². The topological polar surface area (TPSA) is 49.3 Å². The fourth-order valence-corrected chi connectivity index (χ4v) is 3.17. The number of benzene rings is 3. The van der Waals surface area contributed by atoms with Crippen LogP contribution in [-0.4, -0.2) is 19.6 Å². The van der Waals surface area contributed by atoms with E-state index in [1.165, 1.54) is 0 Å². The number of hydrogen-bond donors (Lipinski definition) is 0. The number of nitrogens with zero attached hydrogens (tertiary/aromatic N) is 1. The van der Waals surface area contributed by atoms with Crippen molar-refractivity contribution in [2.24, 2.45) is 4.99 Å². The largest absolute Gasteiger partial charge is 0.497 e. The SMILES string of the molecule is COc1ccc(C2=Nc3ccccc3OC(c3ccc4c(c3)OCO4)=C2)cc1. The molecule has 0 aliphatic carbocycles. The monoisotopic (exact) mass is 371 g/mol. The molecular formula is C23H17NO4. The van der Waals surface area contributed by atoms with Gasteiger partial charge in [-0.3, -0.25) is 0 Å². The van der Waals surface area contributed by atoms with Gasteiger partial charge in [-0.1, -0.05) is 12.1 Å². The Hall–Kier alpha value is -3.73. The summed E-state index contributed by atoms with van der Waals surface area (Å²) >= 11 is 0. The molecule has 138 valence electrons. The molecule has 0 fully saturated rings. The predicted octanol–water partition coefficient (Wildman–Crippen LogP) is 4.98. The number of ether oxygens (including phenoxy) is 4. The second kappa shape index (κ2) is 6.78. The average molecular weight is 371 g/mol. The van der Waals surface area contributed by atoms with Crippen molar-refractivity contribution in [3.63, 3.8) is 0 Å². The molecule has 5 nitrogen and oxygen atoms in total. The summed E-state index contributed by atoms with van der Waals surface area (Å²) in [7, 11) is 1.65. The van der Waals surface area contributed by atoms with E-state index in [2.05, 4.69) is 0 Å². The molecule has 0 amide bonds. The molecule has 0 bridgehead atoms. The quantitative estimate of drug-likeness (QED) is 0.652. The Morgan fingerprint density at radius 3 is 2.46 bits per heavy atom. The lowest BCUT2D eigenvalue weighted by atomic mass is 10.1. The van der Waals surface area contributed by atoms with Crippen LogP contribution < -0.4 is 18.9 Å². The highest BCUT2D eigenvalue weighted by atomic mass is 16.7. The second-order valence-corrected chi connectivity index (χ2v) is 6.37. The lowest BCUT2D eigenvalue weighted by Crippen LogP contribution is -2.00. The summed E-state index contributed by atoms with van der Waals surface area (Å²) in [6.07, 6.45) is 1.94. The van der Waals surface area contributed by atoms with Gasteiger partial charge >= 0.3 is 0 Å². The van der Waals surface area contributed by atoms with Gasteiger partial charge in [0.25, 0.3) is 0 Å². The van der Waals surface area contributed by atoms with Crippen LogP contribution in [0.3, 0.4) is 0 Å². The zero-order chi connectivity index (χ0) is 18.9. The maximum Gasteiger partial charge on any atom is 0.231 e. The first kappa shape index (κ1) is 16.4. The maximum atomic E-state index is 6.22. The van der Waals surface area contributed by atoms with Crippen LogP contribution in [-0.2, 0) is 0 Å². The Morgan fingerprint density at radius 2 is 1.61 bits per heavy atom. The maximum absolute atomic E-state index is 6.22. The molecule has 2 aliphatic heterocycles. The Balaban J connectivity index is 1.62. The van der Waals surface area contributed by atoms with Crippen molar-refractivity contribution >= 4 is 17.2 Å². The number of para-hydroxylation sites is 2. The lowest BCUT2D eigenvalue weighted by molar-refractivity contribution is 0.174. The van der Waals surface area contributed by atoms with Crippen LogP contribution in [0.15, 0.2) is 77.8 Å². The molecule has 0 N–H and O–H groups in total. The summed E-state index contributed by atoms with van der Waals surface area (Å²) < 4.78 is 22.4. The molecule has 5 rings (SSSR count). The first-order valence-corrected chi connectivity index (χ1v) is 8.92. The number of hydrogen-bond acceptors (Lipinski definition) is 5. The van der Waals surface area contributed by atoms with E-state index in [1.54, 1.807) is 7.11 Å². The second-order valence-electron chi connectivity index (χ2n) is 6.37. The summed E-state index contributed by atoms with van der Waals surface area (Å²) in [5.41, 5.74) is 3.45. The summed E-state index contributed by atoms with van der Waals surface area (Å²) in [6, 6.07) is 21.3. The van der Waals surface area contributed by atoms with E-state index in [1.807, 2.05) is 72.8 Å². The Bertz CT molecular complexity index is 1100. The fourth-order valence-electron chi connectivity index (χ4n) is 3.17. The van der Waals surface area contributed by atoms with Crippen molar-refractivity contribution in [1.82, 2.24) is 0 Å². The molecule has 0 saturated heterocycles. The number of methoxy groups -OCH3 is 1. The Labute approximate surface area is 162 Å². The minimum atomic E-state index is 0.236. The van der Waals surface area contributed by atoms with Crippen molar-refractivity contribution in [1.29, 1.82) is 0 Å². The van der Waals surface area contributed by atoms with Gasteiger partial charge < -0.3 is 18.9 Å². The van der Waals surface area contributed by atoms with Crippen LogP contribution in [0.25, 0.3) is 5.76 Å². The van der Waals surface area contributed by atoms with E-state index >= 15 is 0 Å². The standard InChI is InChI=1S/C23H17NO4/c1-25-17-9-6-15(7-10-17)19-13-22(28-20-5-3-2-4-18(20)24-19)16-8-11-21-23(12-16)27-14-26-21/h2-13H,14H2,1H3. The van der Waals surface area contributed by atoms with Gasteiger partial charge in [0.1, 0.15) is 17.2 Å². The third-order valence-electron chi connectivity index (χ3n) is 4.64. The van der Waals surface area contributed by atoms with E-state index < -0.39 is 0 Å². The minimum Gasteiger partial charge on any atom is -0.497 e. The Kier molecular flexibility index (Phi) is 3.98. The van der Waals surface area contributed by atoms with E-state index in [0.717, 1.165) is 34.0 Å². The van der Waals surface area contributed by atoms with Crippen LogP contribution in [0.5, 0.6) is 23.0 Å². The van der Waals surface area contributed by atoms with Gasteiger partial charge in [0.05, 0.1) is 12.8 Å². The Morgan fingerprint density at radius 1 is 0.821 bits per heavy atom. The predicted molar refractivity (Wildman–Crippen MR) is 107 cm³/mol. The highest BCUT2D eigenvalue weighted by molar-refractivity contribution is 6.13. The van der Waals surface area contributed by atoms with Crippen molar-refractivity contribution in [2.75, 3.05) is 13.9 Å². The van der Waals surface area contributed by atoms with Crippen LogP contribution in [0.2, 0.25) is 0 Å². The highest BCUT2D eigenvalue weighted by Crippen LogP contribution is 2.38. The van der Waals surface area contributed by atoms with Gasteiger partial charge in [-0.15, -0.1) is 0 Å². The third-order valence-corrected chi connectivity index (χ3v) is 4.64. The molecule has 3 aromatic carbocycles. The van der Waals surface area contributed by atoms with Gasteiger partial charge in [0, 0.05) is 17.2 Å². The van der Waals surface area contributed by atoms with Gasteiger partial charge in [-0.25, -0.2) is 4.99 Å². The van der Waals surface area contributed by atoms with Gasteiger partial charge in [0.15, 0.2) is 17.2 Å². The molecule has 0 aromatic heterocycles. The number of fused-ring (bicyclic) bond motifs is 2. The van der Waals surface area contributed by atoms with Crippen LogP contribution in [0.1, 0.15) is 11.1 Å². The summed E-state index contributed by atoms with van der Waals surface area (Å²) in [6.45, 7) is 0.236. The molecule has 0 spiro atoms. The molecule has 28 heavy (non-hydrogen) atoms. The third kappa shape index (κ3) is 2.97. The number of aliphatic imine (C=N–C) groups is 1. The number of allylic oxidation sites excluding steroid dienone is 1. The first-order chi connectivity index (χ1) is 13.8. The molecule has 5 heteroatoms. The summed E-state index contributed by atoms with van der Waals surface area (Å²) in [5, 5.41) is 0. The van der Waals surface area contributed by atoms with Crippen molar-refractivity contribution in [3.8, 4) is 23.0 Å². The molecule has 2 aliphatic rings.